The molecule has 0 aliphatic carbocycles. The first-order valence-corrected chi connectivity index (χ1v) is 11.7. The first-order chi connectivity index (χ1) is 15.1. The molecule has 1 fully saturated rings. The van der Waals surface area contributed by atoms with Gasteiger partial charge < -0.3 is 14.8 Å². The number of rotatable bonds is 7. The van der Waals surface area contributed by atoms with Gasteiger partial charge in [0.15, 0.2) is 5.11 Å². The lowest BCUT2D eigenvalue weighted by Crippen LogP contribution is -2.30. The topological polar surface area (TPSA) is 33.1 Å². The van der Waals surface area contributed by atoms with E-state index in [1.165, 1.54) is 28.2 Å². The zero-order valence-electron chi connectivity index (χ0n) is 18.9. The first-order valence-electron chi connectivity index (χ1n) is 11.3. The van der Waals surface area contributed by atoms with Gasteiger partial charge in [-0.1, -0.05) is 44.5 Å². The minimum absolute atomic E-state index is 0.0425. The molecule has 0 bridgehead atoms. The van der Waals surface area contributed by atoms with E-state index >= 15 is 0 Å². The number of benzene rings is 1. The molecule has 4 nitrogen and oxygen atoms in total. The minimum atomic E-state index is 0.0425. The Morgan fingerprint density at radius 3 is 2.55 bits per heavy atom. The van der Waals surface area contributed by atoms with Gasteiger partial charge in [-0.05, 0) is 74.3 Å². The number of pyridine rings is 1. The molecule has 1 N–H and O–H groups in total. The van der Waals surface area contributed by atoms with Gasteiger partial charge >= 0.3 is 0 Å². The molecule has 0 unspecified atom stereocenters. The van der Waals surface area contributed by atoms with Crippen LogP contribution in [-0.2, 0) is 6.42 Å². The van der Waals surface area contributed by atoms with E-state index < -0.39 is 0 Å². The molecule has 1 aliphatic heterocycles. The molecule has 0 radical (unpaired) electrons. The van der Waals surface area contributed by atoms with Crippen LogP contribution in [0.4, 0.5) is 0 Å². The molecule has 1 saturated heterocycles. The van der Waals surface area contributed by atoms with E-state index in [9.17, 15) is 0 Å². The third-order valence-electron chi connectivity index (χ3n) is 6.35. The summed E-state index contributed by atoms with van der Waals surface area (Å²) in [5.41, 5.74) is 7.52. The fourth-order valence-electron chi connectivity index (χ4n) is 4.80. The van der Waals surface area contributed by atoms with E-state index in [-0.39, 0.29) is 12.1 Å². The summed E-state index contributed by atoms with van der Waals surface area (Å²) in [6.45, 7) is 9.84. The molecule has 0 spiro atoms. The van der Waals surface area contributed by atoms with Crippen LogP contribution in [0, 0.1) is 13.8 Å². The number of nitrogens with zero attached hydrogens (tertiary/aromatic N) is 3. The highest BCUT2D eigenvalue weighted by atomic mass is 32.1. The highest BCUT2D eigenvalue weighted by molar-refractivity contribution is 7.80. The van der Waals surface area contributed by atoms with Crippen molar-refractivity contribution in [3.8, 4) is 5.69 Å². The average molecular weight is 433 g/mol. The Morgan fingerprint density at radius 2 is 1.84 bits per heavy atom. The Hall–Kier alpha value is -2.66. The van der Waals surface area contributed by atoms with Crippen molar-refractivity contribution in [2.24, 2.45) is 0 Å². The lowest BCUT2D eigenvalue weighted by Gasteiger charge is -2.28. The molecular weight excluding hydrogens is 400 g/mol. The summed E-state index contributed by atoms with van der Waals surface area (Å²) in [7, 11) is 0. The quantitative estimate of drug-likeness (QED) is 0.477. The van der Waals surface area contributed by atoms with Crippen molar-refractivity contribution in [3.63, 3.8) is 0 Å². The Morgan fingerprint density at radius 1 is 1.06 bits per heavy atom. The Bertz CT molecular complexity index is 1060. The monoisotopic (exact) mass is 432 g/mol. The number of unbranched alkanes of at least 4 members (excludes halogenated alkanes) is 1. The number of aromatic nitrogens is 2. The van der Waals surface area contributed by atoms with Crippen molar-refractivity contribution >= 4 is 17.3 Å². The van der Waals surface area contributed by atoms with Gasteiger partial charge in [-0.15, -0.1) is 0 Å². The number of thiocarbonyl (C=S) groups is 1. The molecule has 162 valence electrons. The van der Waals surface area contributed by atoms with E-state index in [1.807, 2.05) is 12.3 Å². The van der Waals surface area contributed by atoms with Gasteiger partial charge in [-0.2, -0.15) is 0 Å². The highest BCUT2D eigenvalue weighted by Gasteiger charge is 2.41. The molecule has 1 aliphatic rings. The summed E-state index contributed by atoms with van der Waals surface area (Å²) in [4.78, 5) is 7.05. The van der Waals surface area contributed by atoms with Crippen LogP contribution in [-0.4, -0.2) is 26.1 Å². The molecule has 4 rings (SSSR count). The van der Waals surface area contributed by atoms with Gasteiger partial charge in [0, 0.05) is 29.8 Å². The summed E-state index contributed by atoms with van der Waals surface area (Å²) >= 11 is 5.80. The molecule has 2 aromatic heterocycles. The highest BCUT2D eigenvalue weighted by Crippen LogP contribution is 2.41. The summed E-state index contributed by atoms with van der Waals surface area (Å²) in [5, 5.41) is 4.41. The van der Waals surface area contributed by atoms with Gasteiger partial charge in [0.25, 0.3) is 0 Å². The van der Waals surface area contributed by atoms with Crippen LogP contribution in [0.15, 0.2) is 54.7 Å². The fourth-order valence-corrected chi connectivity index (χ4v) is 5.13. The Kier molecular flexibility index (Phi) is 6.42. The molecule has 1 aromatic carbocycles. The normalized spacial score (nSPS) is 18.5. The van der Waals surface area contributed by atoms with E-state index in [0.717, 1.165) is 36.6 Å². The Balaban J connectivity index is 1.83. The lowest BCUT2D eigenvalue weighted by atomic mass is 9.96. The lowest BCUT2D eigenvalue weighted by molar-refractivity contribution is 0.312. The molecule has 31 heavy (non-hydrogen) atoms. The SMILES string of the molecule is CCCCN1C(=S)N[C@H](c2ccccn2)[C@H]1c1cc(C)n(-c2ccccc2CC)c1C. The van der Waals surface area contributed by atoms with Crippen LogP contribution in [0.1, 0.15) is 67.0 Å². The first kappa shape index (κ1) is 21.6. The van der Waals surface area contributed by atoms with Crippen molar-refractivity contribution in [1.82, 2.24) is 19.8 Å². The maximum Gasteiger partial charge on any atom is 0.170 e. The average Bonchev–Trinajstić information content (AvgIpc) is 3.27. The third kappa shape index (κ3) is 3.99. The summed E-state index contributed by atoms with van der Waals surface area (Å²) in [6, 6.07) is 17.3. The summed E-state index contributed by atoms with van der Waals surface area (Å²) in [5.74, 6) is 0. The van der Waals surface area contributed by atoms with Crippen LogP contribution in [0.3, 0.4) is 0 Å². The Labute approximate surface area is 191 Å². The van der Waals surface area contributed by atoms with Crippen molar-refractivity contribution in [1.29, 1.82) is 0 Å². The zero-order chi connectivity index (χ0) is 22.0. The van der Waals surface area contributed by atoms with Gasteiger partial charge in [0.1, 0.15) is 0 Å². The maximum atomic E-state index is 5.80. The molecule has 0 amide bonds. The third-order valence-corrected chi connectivity index (χ3v) is 6.71. The molecule has 5 heteroatoms. The predicted molar refractivity (Wildman–Crippen MR) is 132 cm³/mol. The van der Waals surface area contributed by atoms with E-state index in [0.29, 0.717) is 0 Å². The van der Waals surface area contributed by atoms with Crippen molar-refractivity contribution in [2.45, 2.75) is 59.0 Å². The van der Waals surface area contributed by atoms with E-state index in [1.54, 1.807) is 0 Å². The summed E-state index contributed by atoms with van der Waals surface area (Å²) in [6.07, 6.45) is 5.14. The molecule has 2 atom stereocenters. The van der Waals surface area contributed by atoms with Crippen molar-refractivity contribution < 1.29 is 0 Å². The molecule has 3 aromatic rings. The maximum absolute atomic E-state index is 5.80. The standard InChI is InChI=1S/C26H32N4S/c1-5-7-16-29-25(24(28-26(29)31)22-13-10-11-15-27-22)21-17-18(3)30(19(21)4)23-14-9-8-12-20(23)6-2/h8-15,17,24-25H,5-7,16H2,1-4H3,(H,28,31)/t24-,25-/m1/s1. The molecule has 3 heterocycles. The zero-order valence-corrected chi connectivity index (χ0v) is 19.7. The second-order valence-electron chi connectivity index (χ2n) is 8.32. The second-order valence-corrected chi connectivity index (χ2v) is 8.70. The van der Waals surface area contributed by atoms with Crippen LogP contribution in [0.25, 0.3) is 5.69 Å². The molecule has 0 saturated carbocycles. The van der Waals surface area contributed by atoms with Crippen molar-refractivity contribution in [3.05, 3.63) is 82.9 Å². The van der Waals surface area contributed by atoms with Gasteiger partial charge in [0.05, 0.1) is 17.8 Å². The second kappa shape index (κ2) is 9.23. The minimum Gasteiger partial charge on any atom is -0.352 e. The number of hydrogen-bond acceptors (Lipinski definition) is 2. The number of hydrogen-bond donors (Lipinski definition) is 1. The van der Waals surface area contributed by atoms with Crippen LogP contribution in [0.2, 0.25) is 0 Å². The number of aryl methyl sites for hydroxylation is 2. The smallest absolute Gasteiger partial charge is 0.170 e. The van der Waals surface area contributed by atoms with Crippen LogP contribution >= 0.6 is 12.2 Å². The van der Waals surface area contributed by atoms with Crippen LogP contribution < -0.4 is 5.32 Å². The predicted octanol–water partition coefficient (Wildman–Crippen LogP) is 5.82. The van der Waals surface area contributed by atoms with Gasteiger partial charge in [-0.25, -0.2) is 0 Å². The number of para-hydroxylation sites is 1. The number of nitrogens with one attached hydrogen (secondary N) is 1. The van der Waals surface area contributed by atoms with E-state index in [4.69, 9.17) is 12.2 Å². The van der Waals surface area contributed by atoms with Crippen LogP contribution in [0.5, 0.6) is 0 Å². The van der Waals surface area contributed by atoms with E-state index in [2.05, 4.69) is 89.9 Å². The fraction of sp³-hybridized carbons (Fsp3) is 0.385. The largest absolute Gasteiger partial charge is 0.352 e. The molecular formula is C26H32N4S. The summed E-state index contributed by atoms with van der Waals surface area (Å²) < 4.78 is 2.41. The van der Waals surface area contributed by atoms with Crippen molar-refractivity contribution in [2.75, 3.05) is 6.54 Å². The van der Waals surface area contributed by atoms with Gasteiger partial charge in [0.2, 0.25) is 0 Å². The van der Waals surface area contributed by atoms with Gasteiger partial charge in [-0.3, -0.25) is 4.98 Å².